The van der Waals surface area contributed by atoms with Crippen LogP contribution in [0.25, 0.3) is 0 Å². The van der Waals surface area contributed by atoms with Crippen molar-refractivity contribution in [1.29, 1.82) is 0 Å². The van der Waals surface area contributed by atoms with Crippen molar-refractivity contribution in [3.05, 3.63) is 89.5 Å². The number of nitrogens with one attached hydrogen (secondary N) is 1. The molecule has 0 spiro atoms. The maximum absolute atomic E-state index is 14.5. The fraction of sp³-hybridized carbons (Fsp3) is 0.477. The Kier molecular flexibility index (Phi) is 17.5. The molecule has 3 amide bonds. The third-order valence-electron chi connectivity index (χ3n) is 10.5. The number of likely N-dealkylation sites (N-methyl/N-ethyl adjacent to an activating group) is 3. The SMILES string of the molecule is CC[C@H](C)[C@@H](OC(=O)[C@@H](Cc1ccc(OC)cc1)N(C)C)C(=O)N[C@H](C(=O)N(C)[C@@H](Cc1ccc(O)cc1)C(=O)N(C)[C@H](Cc1ccc([OH2+])cc1)C(=O)OC)C(C)C. The van der Waals surface area contributed by atoms with Crippen LogP contribution in [-0.4, -0.2) is 127 Å². The van der Waals surface area contributed by atoms with Crippen LogP contribution >= 0.6 is 0 Å². The third kappa shape index (κ3) is 12.7. The second-order valence-corrected chi connectivity index (χ2v) is 15.2. The van der Waals surface area contributed by atoms with Crippen LogP contribution in [0.5, 0.6) is 17.2 Å². The molecule has 58 heavy (non-hydrogen) atoms. The van der Waals surface area contributed by atoms with E-state index in [0.29, 0.717) is 35.5 Å². The van der Waals surface area contributed by atoms with Crippen LogP contribution in [0.3, 0.4) is 0 Å². The fourth-order valence-electron chi connectivity index (χ4n) is 6.44. The number of rotatable bonds is 20. The van der Waals surface area contributed by atoms with Gasteiger partial charge in [-0.1, -0.05) is 52.0 Å². The number of phenolic OH excluding ortho intramolecular Hbond substituents is 1. The van der Waals surface area contributed by atoms with E-state index in [2.05, 4.69) is 5.32 Å². The smallest absolute Gasteiger partial charge is 0.328 e. The van der Waals surface area contributed by atoms with Crippen molar-refractivity contribution < 1.29 is 48.4 Å². The summed E-state index contributed by atoms with van der Waals surface area (Å²) in [6.45, 7) is 7.19. The van der Waals surface area contributed by atoms with E-state index in [1.807, 2.05) is 19.1 Å². The number of esters is 2. The molecule has 6 atom stereocenters. The Morgan fingerprint density at radius 1 is 0.690 bits per heavy atom. The molecular formula is C44H61N4O10+. The Hall–Kier alpha value is -5.63. The average molecular weight is 806 g/mol. The number of carbonyl (C=O) groups is 5. The minimum atomic E-state index is -1.22. The lowest BCUT2D eigenvalue weighted by Crippen LogP contribution is -2.59. The number of hydrogen-bond acceptors (Lipinski definition) is 10. The molecule has 0 heterocycles. The summed E-state index contributed by atoms with van der Waals surface area (Å²) in [5.74, 6) is -2.91. The van der Waals surface area contributed by atoms with Gasteiger partial charge in [0.15, 0.2) is 6.10 Å². The normalized spacial score (nSPS) is 14.3. The van der Waals surface area contributed by atoms with Crippen molar-refractivity contribution in [2.75, 3.05) is 42.4 Å². The summed E-state index contributed by atoms with van der Waals surface area (Å²) in [6, 6.07) is 16.0. The summed E-state index contributed by atoms with van der Waals surface area (Å²) in [5, 5.41) is 20.6. The van der Waals surface area contributed by atoms with Crippen LogP contribution in [0.4, 0.5) is 0 Å². The van der Waals surface area contributed by atoms with Crippen molar-refractivity contribution in [1.82, 2.24) is 20.0 Å². The molecule has 3 aromatic rings. The maximum Gasteiger partial charge on any atom is 0.328 e. The number of carbonyl (C=O) groups excluding carboxylic acids is 5. The Morgan fingerprint density at radius 3 is 1.66 bits per heavy atom. The molecule has 3 aromatic carbocycles. The van der Waals surface area contributed by atoms with Crippen LogP contribution < -0.4 is 10.1 Å². The molecule has 3 rings (SSSR count). The van der Waals surface area contributed by atoms with Gasteiger partial charge in [-0.25, -0.2) is 4.79 Å². The van der Waals surface area contributed by atoms with Crippen molar-refractivity contribution >= 4 is 29.7 Å². The summed E-state index contributed by atoms with van der Waals surface area (Å²) in [7, 11) is 9.25. The first-order valence-electron chi connectivity index (χ1n) is 19.4. The quantitative estimate of drug-likeness (QED) is 0.126. The van der Waals surface area contributed by atoms with Crippen molar-refractivity contribution in [3.8, 4) is 17.2 Å². The van der Waals surface area contributed by atoms with Crippen LogP contribution in [0.1, 0.15) is 50.8 Å². The van der Waals surface area contributed by atoms with Gasteiger partial charge >= 0.3 is 11.9 Å². The monoisotopic (exact) mass is 805 g/mol. The summed E-state index contributed by atoms with van der Waals surface area (Å²) in [5.41, 5.74) is 2.20. The molecule has 0 bridgehead atoms. The van der Waals surface area contributed by atoms with Gasteiger partial charge < -0.3 is 39.5 Å². The molecule has 0 saturated carbocycles. The number of nitrogens with zero attached hydrogens (tertiary/aromatic N) is 3. The zero-order valence-corrected chi connectivity index (χ0v) is 35.4. The molecule has 0 aliphatic rings. The number of hydrogen-bond donors (Lipinski definition) is 2. The Labute approximate surface area is 342 Å². The molecule has 0 aromatic heterocycles. The summed E-state index contributed by atoms with van der Waals surface area (Å²) in [4.78, 5) is 74.3. The Balaban J connectivity index is 1.92. The standard InChI is InChI=1S/C44H60N4O10/c1-11-28(4)39(58-44(55)36(46(5)6)25-31-16-22-34(56-9)23-17-31)40(51)45-38(27(2)3)42(53)47(7)35(24-29-12-18-32(49)19-13-29)41(52)48(8)37(43(54)57-10)26-30-14-20-33(50)21-15-30/h12-23,27-28,35-39,49-50H,11,24-26H2,1-10H3,(H,45,51)/p+1/t28-,35-,36+,37+,38-,39+/m0/s1. The van der Waals surface area contributed by atoms with E-state index < -0.39 is 71.8 Å². The van der Waals surface area contributed by atoms with E-state index in [1.54, 1.807) is 95.4 Å². The number of benzene rings is 3. The molecule has 0 fully saturated rings. The Morgan fingerprint density at radius 2 is 1.17 bits per heavy atom. The lowest BCUT2D eigenvalue weighted by atomic mass is 9.96. The highest BCUT2D eigenvalue weighted by Gasteiger charge is 2.40. The van der Waals surface area contributed by atoms with Crippen LogP contribution in [-0.2, 0) is 52.7 Å². The largest absolute Gasteiger partial charge is 0.593 e. The lowest BCUT2D eigenvalue weighted by molar-refractivity contribution is -0.164. The number of amides is 3. The summed E-state index contributed by atoms with van der Waals surface area (Å²) >= 11 is 0. The van der Waals surface area contributed by atoms with Gasteiger partial charge in [0.1, 0.15) is 35.7 Å². The number of methoxy groups -OCH3 is 2. The van der Waals surface area contributed by atoms with E-state index in [4.69, 9.17) is 19.3 Å². The van der Waals surface area contributed by atoms with Gasteiger partial charge in [-0.2, -0.15) is 0 Å². The predicted octanol–water partition coefficient (Wildman–Crippen LogP) is 3.72. The molecule has 316 valence electrons. The number of ether oxygens (including phenoxy) is 3. The Bertz CT molecular complexity index is 1820. The van der Waals surface area contributed by atoms with Crippen LogP contribution in [0, 0.1) is 11.8 Å². The van der Waals surface area contributed by atoms with Crippen molar-refractivity contribution in [2.45, 2.75) is 83.6 Å². The van der Waals surface area contributed by atoms with Crippen LogP contribution in [0.15, 0.2) is 72.8 Å². The minimum absolute atomic E-state index is 0.0130. The summed E-state index contributed by atoms with van der Waals surface area (Å²) in [6.07, 6.45) is -0.295. The molecule has 0 radical (unpaired) electrons. The highest BCUT2D eigenvalue weighted by atomic mass is 16.6. The second kappa shape index (κ2) is 21.8. The predicted molar refractivity (Wildman–Crippen MR) is 220 cm³/mol. The molecule has 4 N–H and O–H groups in total. The zero-order valence-electron chi connectivity index (χ0n) is 35.4. The first-order valence-corrected chi connectivity index (χ1v) is 19.4. The third-order valence-corrected chi connectivity index (χ3v) is 10.5. The van der Waals surface area contributed by atoms with Crippen molar-refractivity contribution in [3.63, 3.8) is 0 Å². The number of phenols is 1. The second-order valence-electron chi connectivity index (χ2n) is 15.2. The maximum atomic E-state index is 14.5. The van der Waals surface area contributed by atoms with E-state index >= 15 is 0 Å². The van der Waals surface area contributed by atoms with Gasteiger partial charge in [0.2, 0.25) is 11.8 Å². The topological polar surface area (TPSA) is 178 Å². The highest BCUT2D eigenvalue weighted by molar-refractivity contribution is 5.95. The van der Waals surface area contributed by atoms with Gasteiger partial charge in [-0.3, -0.25) is 24.1 Å². The fourth-order valence-corrected chi connectivity index (χ4v) is 6.44. The highest BCUT2D eigenvalue weighted by Crippen LogP contribution is 2.22. The zero-order chi connectivity index (χ0) is 43.3. The average Bonchev–Trinajstić information content (AvgIpc) is 3.21. The van der Waals surface area contributed by atoms with E-state index in [9.17, 15) is 29.1 Å². The van der Waals surface area contributed by atoms with E-state index in [-0.39, 0.29) is 18.6 Å². The lowest BCUT2D eigenvalue weighted by Gasteiger charge is -2.36. The van der Waals surface area contributed by atoms with Gasteiger partial charge in [0.25, 0.3) is 11.7 Å². The first-order chi connectivity index (χ1) is 27.4. The van der Waals surface area contributed by atoms with Crippen LogP contribution in [0.2, 0.25) is 0 Å². The van der Waals surface area contributed by atoms with Gasteiger partial charge in [-0.15, -0.1) is 0 Å². The van der Waals surface area contributed by atoms with Gasteiger partial charge in [0, 0.05) is 45.0 Å². The first kappa shape index (κ1) is 46.8. The molecule has 0 aliphatic heterocycles. The molecule has 0 saturated heterocycles. The van der Waals surface area contributed by atoms with E-state index in [1.165, 1.54) is 43.1 Å². The molecule has 0 aliphatic carbocycles. The van der Waals surface area contributed by atoms with Gasteiger partial charge in [0.05, 0.1) is 14.2 Å². The summed E-state index contributed by atoms with van der Waals surface area (Å²) < 4.78 is 16.3. The molecule has 14 heteroatoms. The minimum Gasteiger partial charge on any atom is -0.593 e. The molecule has 0 unspecified atom stereocenters. The molecular weight excluding hydrogens is 745 g/mol. The van der Waals surface area contributed by atoms with E-state index in [0.717, 1.165) is 5.56 Å². The molecule has 14 nitrogen and oxygen atoms in total. The van der Waals surface area contributed by atoms with Gasteiger partial charge in [-0.05, 0) is 85.9 Å². The van der Waals surface area contributed by atoms with Crippen molar-refractivity contribution in [2.24, 2.45) is 11.8 Å². The number of aromatic hydroxyl groups is 1.